The van der Waals surface area contributed by atoms with Crippen molar-refractivity contribution in [3.8, 4) is 5.75 Å². The maximum atomic E-state index is 13.5. The van der Waals surface area contributed by atoms with Gasteiger partial charge < -0.3 is 4.74 Å². The molecule has 0 radical (unpaired) electrons. The van der Waals surface area contributed by atoms with Crippen LogP contribution < -0.4 is 9.46 Å². The molecule has 0 atom stereocenters. The highest BCUT2D eigenvalue weighted by molar-refractivity contribution is 7.89. The molecule has 0 aliphatic rings. The normalized spacial score (nSPS) is 11.7. The number of halogens is 1. The van der Waals surface area contributed by atoms with E-state index in [9.17, 15) is 12.8 Å². The van der Waals surface area contributed by atoms with Crippen molar-refractivity contribution in [1.82, 2.24) is 4.72 Å². The zero-order valence-corrected chi connectivity index (χ0v) is 13.9. The van der Waals surface area contributed by atoms with Gasteiger partial charge in [0, 0.05) is 6.54 Å². The Morgan fingerprint density at radius 1 is 1.09 bits per heavy atom. The van der Waals surface area contributed by atoms with Gasteiger partial charge in [0.2, 0.25) is 10.0 Å². The minimum atomic E-state index is -3.62. The van der Waals surface area contributed by atoms with Crippen molar-refractivity contribution in [3.63, 3.8) is 0 Å². The highest BCUT2D eigenvalue weighted by atomic mass is 32.2. The number of ether oxygens (including phenoxy) is 1. The molecule has 0 fully saturated rings. The minimum absolute atomic E-state index is 0.0244. The summed E-state index contributed by atoms with van der Waals surface area (Å²) in [6.07, 6.45) is 0.317. The average Bonchev–Trinajstić information content (AvgIpc) is 2.49. The van der Waals surface area contributed by atoms with E-state index < -0.39 is 10.0 Å². The first-order valence-electron chi connectivity index (χ1n) is 7.38. The van der Waals surface area contributed by atoms with Gasteiger partial charge in [0.25, 0.3) is 0 Å². The number of nitrogens with one attached hydrogen (secondary N) is 1. The lowest BCUT2D eigenvalue weighted by atomic mass is 10.1. The second-order valence-corrected chi connectivity index (χ2v) is 7.14. The van der Waals surface area contributed by atoms with Gasteiger partial charge in [-0.3, -0.25) is 0 Å². The molecule has 4 nitrogen and oxygen atoms in total. The van der Waals surface area contributed by atoms with E-state index >= 15 is 0 Å². The summed E-state index contributed by atoms with van der Waals surface area (Å²) in [5.41, 5.74) is 0.482. The predicted octanol–water partition coefficient (Wildman–Crippen LogP) is 3.13. The molecular weight excluding hydrogens is 317 g/mol. The summed E-state index contributed by atoms with van der Waals surface area (Å²) in [7, 11) is -3.62. The van der Waals surface area contributed by atoms with E-state index in [4.69, 9.17) is 4.74 Å². The Hall–Kier alpha value is -1.92. The van der Waals surface area contributed by atoms with E-state index in [-0.39, 0.29) is 23.4 Å². The largest absolute Gasteiger partial charge is 0.491 e. The summed E-state index contributed by atoms with van der Waals surface area (Å²) in [5, 5.41) is 0. The van der Waals surface area contributed by atoms with Gasteiger partial charge in [-0.1, -0.05) is 18.2 Å². The first kappa shape index (κ1) is 17.4. The van der Waals surface area contributed by atoms with Crippen molar-refractivity contribution in [2.24, 2.45) is 0 Å². The van der Waals surface area contributed by atoms with Crippen molar-refractivity contribution in [2.45, 2.75) is 31.3 Å². The second-order valence-electron chi connectivity index (χ2n) is 5.38. The molecule has 0 saturated heterocycles. The van der Waals surface area contributed by atoms with Crippen molar-refractivity contribution in [2.75, 3.05) is 6.54 Å². The first-order valence-corrected chi connectivity index (χ1v) is 8.86. The van der Waals surface area contributed by atoms with Gasteiger partial charge in [-0.15, -0.1) is 0 Å². The van der Waals surface area contributed by atoms with Crippen molar-refractivity contribution in [1.29, 1.82) is 0 Å². The lowest BCUT2D eigenvalue weighted by molar-refractivity contribution is 0.242. The highest BCUT2D eigenvalue weighted by Gasteiger charge is 2.14. The smallest absolute Gasteiger partial charge is 0.240 e. The fourth-order valence-corrected chi connectivity index (χ4v) is 3.11. The van der Waals surface area contributed by atoms with Gasteiger partial charge in [-0.05, 0) is 56.2 Å². The van der Waals surface area contributed by atoms with E-state index in [1.54, 1.807) is 30.3 Å². The summed E-state index contributed by atoms with van der Waals surface area (Å²) >= 11 is 0. The van der Waals surface area contributed by atoms with E-state index in [1.807, 2.05) is 13.8 Å². The molecular formula is C17H20FNO3S. The van der Waals surface area contributed by atoms with Crippen LogP contribution in [0.5, 0.6) is 5.75 Å². The maximum Gasteiger partial charge on any atom is 0.240 e. The maximum absolute atomic E-state index is 13.5. The molecule has 2 aromatic carbocycles. The molecule has 0 saturated carbocycles. The third-order valence-electron chi connectivity index (χ3n) is 3.15. The fourth-order valence-electron chi connectivity index (χ4n) is 2.07. The number of hydrogen-bond donors (Lipinski definition) is 1. The molecule has 0 unspecified atom stereocenters. The predicted molar refractivity (Wildman–Crippen MR) is 87.5 cm³/mol. The van der Waals surface area contributed by atoms with E-state index in [1.165, 1.54) is 18.2 Å². The van der Waals surface area contributed by atoms with E-state index in [0.29, 0.717) is 17.7 Å². The number of hydrogen-bond acceptors (Lipinski definition) is 3. The topological polar surface area (TPSA) is 55.4 Å². The van der Waals surface area contributed by atoms with Gasteiger partial charge >= 0.3 is 0 Å². The second kappa shape index (κ2) is 7.57. The van der Waals surface area contributed by atoms with Crippen LogP contribution in [0.25, 0.3) is 0 Å². The van der Waals surface area contributed by atoms with Gasteiger partial charge in [0.05, 0.1) is 11.0 Å². The highest BCUT2D eigenvalue weighted by Crippen LogP contribution is 2.17. The van der Waals surface area contributed by atoms with Gasteiger partial charge in [-0.25, -0.2) is 17.5 Å². The van der Waals surface area contributed by atoms with Crippen LogP contribution in [0.2, 0.25) is 0 Å². The van der Waals surface area contributed by atoms with Crippen LogP contribution in [-0.4, -0.2) is 21.1 Å². The fraction of sp³-hybridized carbons (Fsp3) is 0.294. The standard InChI is InChI=1S/C17H20FNO3S/c1-13(2)22-15-7-9-16(10-8-15)23(20,21)19-12-11-14-5-3-4-6-17(14)18/h3-10,13,19H,11-12H2,1-2H3. The SMILES string of the molecule is CC(C)Oc1ccc(S(=O)(=O)NCCc2ccccc2F)cc1. The third-order valence-corrected chi connectivity index (χ3v) is 4.63. The molecule has 0 spiro atoms. The minimum Gasteiger partial charge on any atom is -0.491 e. The molecule has 2 rings (SSSR count). The molecule has 1 N–H and O–H groups in total. The third kappa shape index (κ3) is 5.04. The van der Waals surface area contributed by atoms with Gasteiger partial charge in [0.1, 0.15) is 11.6 Å². The molecule has 0 amide bonds. The van der Waals surface area contributed by atoms with E-state index in [0.717, 1.165) is 0 Å². The summed E-state index contributed by atoms with van der Waals surface area (Å²) in [6.45, 7) is 3.93. The number of benzene rings is 2. The van der Waals surface area contributed by atoms with Gasteiger partial charge in [0.15, 0.2) is 0 Å². The Balaban J connectivity index is 1.97. The summed E-state index contributed by atoms with van der Waals surface area (Å²) in [4.78, 5) is 0.155. The average molecular weight is 337 g/mol. The molecule has 0 aliphatic carbocycles. The molecule has 2 aromatic rings. The van der Waals surface area contributed by atoms with Crippen molar-refractivity contribution >= 4 is 10.0 Å². The van der Waals surface area contributed by atoms with Crippen LogP contribution in [-0.2, 0) is 16.4 Å². The molecule has 0 aromatic heterocycles. The Labute approximate surface area is 136 Å². The van der Waals surface area contributed by atoms with Crippen LogP contribution in [0.15, 0.2) is 53.4 Å². The molecule has 0 aliphatic heterocycles. The lowest BCUT2D eigenvalue weighted by Gasteiger charge is -2.11. The van der Waals surface area contributed by atoms with Crippen LogP contribution in [0, 0.1) is 5.82 Å². The zero-order chi connectivity index (χ0) is 16.9. The molecule has 6 heteroatoms. The van der Waals surface area contributed by atoms with Gasteiger partial charge in [-0.2, -0.15) is 0 Å². The first-order chi connectivity index (χ1) is 10.9. The lowest BCUT2D eigenvalue weighted by Crippen LogP contribution is -2.26. The Kier molecular flexibility index (Phi) is 5.74. The van der Waals surface area contributed by atoms with Crippen LogP contribution in [0.3, 0.4) is 0 Å². The van der Waals surface area contributed by atoms with Crippen molar-refractivity contribution in [3.05, 3.63) is 59.9 Å². The molecule has 0 bridgehead atoms. The summed E-state index contributed by atoms with van der Waals surface area (Å²) < 4.78 is 45.8. The van der Waals surface area contributed by atoms with Crippen LogP contribution in [0.4, 0.5) is 4.39 Å². The Morgan fingerprint density at radius 2 is 1.74 bits per heavy atom. The molecule has 23 heavy (non-hydrogen) atoms. The zero-order valence-electron chi connectivity index (χ0n) is 13.1. The van der Waals surface area contributed by atoms with Crippen LogP contribution >= 0.6 is 0 Å². The summed E-state index contributed by atoms with van der Waals surface area (Å²) in [6, 6.07) is 12.5. The number of sulfonamides is 1. The number of rotatable bonds is 7. The quantitative estimate of drug-likeness (QED) is 0.844. The van der Waals surface area contributed by atoms with E-state index in [2.05, 4.69) is 4.72 Å². The Bertz CT molecular complexity index is 743. The Morgan fingerprint density at radius 3 is 2.35 bits per heavy atom. The molecule has 0 heterocycles. The van der Waals surface area contributed by atoms with Crippen molar-refractivity contribution < 1.29 is 17.5 Å². The van der Waals surface area contributed by atoms with Crippen LogP contribution in [0.1, 0.15) is 19.4 Å². The monoisotopic (exact) mass is 337 g/mol. The molecule has 124 valence electrons. The summed E-state index contributed by atoms with van der Waals surface area (Å²) in [5.74, 6) is 0.284.